The number of benzene rings is 1. The number of urea groups is 1. The summed E-state index contributed by atoms with van der Waals surface area (Å²) in [5, 5.41) is 3.02. The van der Waals surface area contributed by atoms with Gasteiger partial charge in [-0.2, -0.15) is 0 Å². The van der Waals surface area contributed by atoms with Gasteiger partial charge in [-0.05, 0) is 31.5 Å². The molecule has 1 aromatic rings. The van der Waals surface area contributed by atoms with Crippen molar-refractivity contribution in [3.63, 3.8) is 0 Å². The molecule has 2 fully saturated rings. The van der Waals surface area contributed by atoms with Crippen molar-refractivity contribution in [3.05, 3.63) is 23.3 Å². The molecule has 0 aliphatic carbocycles. The average molecular weight is 419 g/mol. The van der Waals surface area contributed by atoms with Crippen LogP contribution in [0.3, 0.4) is 0 Å². The van der Waals surface area contributed by atoms with Crippen LogP contribution in [0.1, 0.15) is 37.8 Å². The molecular formula is C22H34N4O4+2. The van der Waals surface area contributed by atoms with Gasteiger partial charge in [0.1, 0.15) is 12.1 Å². The van der Waals surface area contributed by atoms with Crippen molar-refractivity contribution in [3.8, 4) is 11.5 Å². The lowest BCUT2D eigenvalue weighted by Crippen LogP contribution is -3.13. The van der Waals surface area contributed by atoms with E-state index in [0.717, 1.165) is 56.9 Å². The van der Waals surface area contributed by atoms with Gasteiger partial charge in [0.2, 0.25) is 0 Å². The van der Waals surface area contributed by atoms with E-state index in [1.165, 1.54) is 25.8 Å². The van der Waals surface area contributed by atoms with E-state index in [0.29, 0.717) is 19.9 Å². The third kappa shape index (κ3) is 3.86. The maximum atomic E-state index is 13.2. The first-order valence-electron chi connectivity index (χ1n) is 11.2. The lowest BCUT2D eigenvalue weighted by Gasteiger charge is -2.33. The van der Waals surface area contributed by atoms with Crippen molar-refractivity contribution >= 4 is 11.9 Å². The van der Waals surface area contributed by atoms with Crippen LogP contribution in [0.25, 0.3) is 0 Å². The molecule has 2 saturated heterocycles. The van der Waals surface area contributed by atoms with Gasteiger partial charge in [0.15, 0.2) is 18.2 Å². The second-order valence-corrected chi connectivity index (χ2v) is 8.72. The molecular weight excluding hydrogens is 384 g/mol. The maximum Gasteiger partial charge on any atom is 0.329 e. The molecule has 0 saturated carbocycles. The van der Waals surface area contributed by atoms with Crippen molar-refractivity contribution in [2.24, 2.45) is 0 Å². The minimum absolute atomic E-state index is 0.0417. The van der Waals surface area contributed by atoms with Crippen LogP contribution >= 0.6 is 0 Å². The summed E-state index contributed by atoms with van der Waals surface area (Å²) >= 11 is 0. The Hall–Kier alpha value is -2.32. The fourth-order valence-electron chi connectivity index (χ4n) is 4.87. The van der Waals surface area contributed by atoms with Crippen LogP contribution in [0.2, 0.25) is 0 Å². The van der Waals surface area contributed by atoms with Gasteiger partial charge in [-0.1, -0.05) is 0 Å². The number of carbonyl (C=O) groups excluding carboxylic acids is 2. The molecule has 3 aliphatic rings. The largest absolute Gasteiger partial charge is 0.490 e. The van der Waals surface area contributed by atoms with Crippen molar-refractivity contribution in [2.75, 3.05) is 46.6 Å². The fourth-order valence-corrected chi connectivity index (χ4v) is 4.87. The van der Waals surface area contributed by atoms with Gasteiger partial charge in [0.25, 0.3) is 5.91 Å². The Balaban J connectivity index is 1.47. The Kier molecular flexibility index (Phi) is 5.88. The number of nitrogens with zero attached hydrogens (tertiary/aromatic N) is 1. The number of piperidine rings is 1. The number of nitrogens with one attached hydrogen (secondary N) is 3. The molecule has 3 N–H and O–H groups in total. The molecule has 30 heavy (non-hydrogen) atoms. The van der Waals surface area contributed by atoms with Crippen molar-refractivity contribution < 1.29 is 28.9 Å². The second-order valence-electron chi connectivity index (χ2n) is 8.72. The zero-order valence-corrected chi connectivity index (χ0v) is 18.3. The number of likely N-dealkylation sites (tertiary alicyclic amines) is 1. The third-order valence-electron chi connectivity index (χ3n) is 6.64. The quantitative estimate of drug-likeness (QED) is 0.517. The summed E-state index contributed by atoms with van der Waals surface area (Å²) in [5.74, 6) is 1.52. The minimum atomic E-state index is -0.682. The van der Waals surface area contributed by atoms with Gasteiger partial charge in [-0.15, -0.1) is 0 Å². The summed E-state index contributed by atoms with van der Waals surface area (Å²) in [4.78, 5) is 29.9. The first-order chi connectivity index (χ1) is 14.5. The lowest BCUT2D eigenvalue weighted by molar-refractivity contribution is -0.923. The summed E-state index contributed by atoms with van der Waals surface area (Å²) in [5.41, 5.74) is 1.78. The Labute approximate surface area is 178 Å². The number of amides is 3. The molecule has 0 radical (unpaired) electrons. The van der Waals surface area contributed by atoms with Gasteiger partial charge in [0.05, 0.1) is 39.9 Å². The van der Waals surface area contributed by atoms with Gasteiger partial charge in [-0.25, -0.2) is 9.69 Å². The zero-order chi connectivity index (χ0) is 21.3. The number of hydrogen-bond acceptors (Lipinski definition) is 4. The van der Waals surface area contributed by atoms with E-state index >= 15 is 0 Å². The number of hydrogen-bond donors (Lipinski definition) is 3. The summed E-state index contributed by atoms with van der Waals surface area (Å²) in [7, 11) is 2.13. The first-order valence-corrected chi connectivity index (χ1v) is 11.2. The summed E-state index contributed by atoms with van der Waals surface area (Å²) in [6.07, 6.45) is 2.33. The number of rotatable bonds is 6. The van der Waals surface area contributed by atoms with Crippen molar-refractivity contribution in [1.29, 1.82) is 0 Å². The van der Waals surface area contributed by atoms with Gasteiger partial charge >= 0.3 is 6.03 Å². The van der Waals surface area contributed by atoms with Gasteiger partial charge in [-0.3, -0.25) is 4.79 Å². The molecule has 164 valence electrons. The number of carbonyl (C=O) groups is 2. The molecule has 1 spiro atoms. The summed E-state index contributed by atoms with van der Waals surface area (Å²) in [6, 6.07) is 3.92. The Morgan fingerprint density at radius 3 is 2.30 bits per heavy atom. The highest BCUT2D eigenvalue weighted by Crippen LogP contribution is 2.32. The van der Waals surface area contributed by atoms with Crippen LogP contribution < -0.4 is 24.6 Å². The summed E-state index contributed by atoms with van der Waals surface area (Å²) in [6.45, 7) is 8.98. The Morgan fingerprint density at radius 1 is 1.03 bits per heavy atom. The van der Waals surface area contributed by atoms with E-state index in [1.54, 1.807) is 0 Å². The first kappa shape index (κ1) is 20.9. The minimum Gasteiger partial charge on any atom is -0.490 e. The maximum absolute atomic E-state index is 13.2. The number of imide groups is 1. The molecule has 3 aliphatic heterocycles. The van der Waals surface area contributed by atoms with E-state index in [-0.39, 0.29) is 11.9 Å². The highest BCUT2D eigenvalue weighted by Gasteiger charge is 2.54. The van der Waals surface area contributed by atoms with Gasteiger partial charge < -0.3 is 24.6 Å². The third-order valence-corrected chi connectivity index (χ3v) is 6.64. The molecule has 4 rings (SSSR count). The predicted octanol–water partition coefficient (Wildman–Crippen LogP) is -1.02. The Morgan fingerprint density at radius 2 is 1.67 bits per heavy atom. The monoisotopic (exact) mass is 418 g/mol. The molecule has 0 aromatic heterocycles. The van der Waals surface area contributed by atoms with E-state index in [1.807, 2.05) is 13.8 Å². The number of quaternary nitrogens is 2. The van der Waals surface area contributed by atoms with E-state index < -0.39 is 5.54 Å². The van der Waals surface area contributed by atoms with Crippen LogP contribution in [-0.4, -0.2) is 68.9 Å². The van der Waals surface area contributed by atoms with Gasteiger partial charge in [0, 0.05) is 24.8 Å². The molecule has 0 bridgehead atoms. The zero-order valence-electron chi connectivity index (χ0n) is 18.3. The highest BCUT2D eigenvalue weighted by atomic mass is 16.5. The van der Waals surface area contributed by atoms with Crippen molar-refractivity contribution in [1.82, 2.24) is 10.2 Å². The average Bonchev–Trinajstić information content (AvgIpc) is 2.95. The van der Waals surface area contributed by atoms with Crippen molar-refractivity contribution in [2.45, 2.75) is 45.2 Å². The topological polar surface area (TPSA) is 76.8 Å². The number of ether oxygens (including phenoxy) is 2. The van der Waals surface area contributed by atoms with Crippen LogP contribution in [0.5, 0.6) is 11.5 Å². The van der Waals surface area contributed by atoms with Crippen LogP contribution in [0.15, 0.2) is 12.1 Å². The molecule has 1 atom stereocenters. The fraction of sp³-hybridized carbons (Fsp3) is 0.636. The van der Waals surface area contributed by atoms with E-state index in [9.17, 15) is 9.59 Å². The van der Waals surface area contributed by atoms with Crippen LogP contribution in [-0.2, 0) is 17.8 Å². The Bertz CT molecular complexity index is 820. The van der Waals surface area contributed by atoms with Crippen LogP contribution in [0, 0.1) is 0 Å². The highest BCUT2D eigenvalue weighted by molar-refractivity contribution is 6.06. The van der Waals surface area contributed by atoms with Crippen LogP contribution in [0.4, 0.5) is 4.79 Å². The molecule has 8 nitrogen and oxygen atoms in total. The predicted molar refractivity (Wildman–Crippen MR) is 111 cm³/mol. The molecule has 3 heterocycles. The normalized spacial score (nSPS) is 28.4. The molecule has 8 heteroatoms. The lowest BCUT2D eigenvalue weighted by atomic mass is 9.88. The molecule has 3 amide bonds. The standard InChI is InChI=1S/C22H32N4O4/c1-4-29-18-12-16-6-9-25(14-17(16)13-19(18)30-5-2)15-26-20(27)22(23-21(26)28)7-10-24(3)11-8-22/h12-13H,4-11,14-15H2,1-3H3,(H,23,28)/p+2. The summed E-state index contributed by atoms with van der Waals surface area (Å²) < 4.78 is 11.5. The second kappa shape index (κ2) is 8.43. The van der Waals surface area contributed by atoms with E-state index in [4.69, 9.17) is 9.47 Å². The smallest absolute Gasteiger partial charge is 0.329 e. The number of fused-ring (bicyclic) bond motifs is 1. The SMILES string of the molecule is CCOc1cc2c(cc1OCC)C[NH+](CN1C(=O)NC3(CC[NH+](C)CC3)C1=O)CC2. The van der Waals surface area contributed by atoms with E-state index in [2.05, 4.69) is 24.5 Å². The molecule has 1 unspecified atom stereocenters. The molecule has 1 aromatic carbocycles.